The van der Waals surface area contributed by atoms with Crippen LogP contribution in [0.15, 0.2) is 71.9 Å². The van der Waals surface area contributed by atoms with E-state index in [1.54, 1.807) is 42.6 Å². The molecule has 2 aromatic carbocycles. The van der Waals surface area contributed by atoms with Crippen molar-refractivity contribution >= 4 is 55.3 Å². The SMILES string of the molecule is O=[N+]([O-])c1ccc(Nc2nc(Nc3ccc(S(=O)(=O)N4CCCC4)cc3)c3cncc(C4=CCCCC4)c3n2)cc1. The van der Waals surface area contributed by atoms with Crippen molar-refractivity contribution < 1.29 is 13.3 Å². The van der Waals surface area contributed by atoms with Crippen LogP contribution < -0.4 is 10.6 Å². The molecular weight excluding hydrogens is 542 g/mol. The molecule has 4 aromatic rings. The standard InChI is InChI=1S/C29H29N7O4S/c37-36(38)23-12-8-22(9-13-23)32-29-33-27-25(20-6-2-1-3-7-20)18-30-19-26(27)28(34-29)31-21-10-14-24(15-11-21)41(39,40)35-16-4-5-17-35/h6,8-15,18-19H,1-5,7,16-17H2,(H2,31,32,33,34). The topological polar surface area (TPSA) is 143 Å². The predicted molar refractivity (Wildman–Crippen MR) is 158 cm³/mol. The number of allylic oxidation sites excluding steroid dienone is 2. The van der Waals surface area contributed by atoms with Gasteiger partial charge in [-0.2, -0.15) is 9.29 Å². The van der Waals surface area contributed by atoms with Crippen LogP contribution >= 0.6 is 0 Å². The molecule has 12 heteroatoms. The number of pyridine rings is 1. The van der Waals surface area contributed by atoms with E-state index in [2.05, 4.69) is 21.7 Å². The minimum Gasteiger partial charge on any atom is -0.340 e. The largest absolute Gasteiger partial charge is 0.340 e. The van der Waals surface area contributed by atoms with E-state index in [1.165, 1.54) is 22.0 Å². The van der Waals surface area contributed by atoms with Gasteiger partial charge in [0.1, 0.15) is 5.82 Å². The third-order valence-electron chi connectivity index (χ3n) is 7.40. The molecule has 0 unspecified atom stereocenters. The number of rotatable bonds is 8. The van der Waals surface area contributed by atoms with Gasteiger partial charge in [-0.25, -0.2) is 13.4 Å². The third-order valence-corrected chi connectivity index (χ3v) is 9.31. The van der Waals surface area contributed by atoms with Crippen LogP contribution in [-0.4, -0.2) is 45.7 Å². The van der Waals surface area contributed by atoms with E-state index in [0.717, 1.165) is 55.0 Å². The first kappa shape index (κ1) is 26.8. The molecule has 210 valence electrons. The number of nitrogens with zero attached hydrogens (tertiary/aromatic N) is 5. The van der Waals surface area contributed by atoms with E-state index in [0.29, 0.717) is 36.2 Å². The van der Waals surface area contributed by atoms with Crippen molar-refractivity contribution in [3.8, 4) is 0 Å². The molecule has 0 radical (unpaired) electrons. The molecule has 1 saturated heterocycles. The van der Waals surface area contributed by atoms with Gasteiger partial charge in [0.15, 0.2) is 0 Å². The maximum atomic E-state index is 13.0. The van der Waals surface area contributed by atoms with Gasteiger partial charge in [-0.15, -0.1) is 0 Å². The molecule has 6 rings (SSSR count). The Kier molecular flexibility index (Phi) is 7.33. The number of nitro groups is 1. The summed E-state index contributed by atoms with van der Waals surface area (Å²) in [5.41, 5.74) is 4.11. The molecule has 1 aliphatic carbocycles. The lowest BCUT2D eigenvalue weighted by molar-refractivity contribution is -0.384. The number of hydrogen-bond acceptors (Lipinski definition) is 9. The minimum absolute atomic E-state index is 0.00914. The van der Waals surface area contributed by atoms with Crippen molar-refractivity contribution in [2.45, 2.75) is 43.4 Å². The molecule has 2 aliphatic rings. The maximum absolute atomic E-state index is 13.0. The summed E-state index contributed by atoms with van der Waals surface area (Å²) in [6.45, 7) is 1.09. The first-order valence-electron chi connectivity index (χ1n) is 13.6. The fraction of sp³-hybridized carbons (Fsp3) is 0.276. The maximum Gasteiger partial charge on any atom is 0.269 e. The number of anilines is 4. The van der Waals surface area contributed by atoms with E-state index in [9.17, 15) is 18.5 Å². The Morgan fingerprint density at radius 2 is 1.56 bits per heavy atom. The van der Waals surface area contributed by atoms with Crippen LogP contribution in [0.2, 0.25) is 0 Å². The fourth-order valence-corrected chi connectivity index (χ4v) is 6.75. The normalized spacial score (nSPS) is 16.0. The number of benzene rings is 2. The Morgan fingerprint density at radius 3 is 2.24 bits per heavy atom. The Balaban J connectivity index is 1.37. The lowest BCUT2D eigenvalue weighted by Gasteiger charge is -2.17. The van der Waals surface area contributed by atoms with Crippen LogP contribution in [0.5, 0.6) is 0 Å². The highest BCUT2D eigenvalue weighted by Crippen LogP contribution is 2.34. The van der Waals surface area contributed by atoms with Crippen LogP contribution in [0.4, 0.5) is 28.8 Å². The van der Waals surface area contributed by atoms with Crippen molar-refractivity contribution in [1.29, 1.82) is 0 Å². The fourth-order valence-electron chi connectivity index (χ4n) is 5.23. The van der Waals surface area contributed by atoms with E-state index < -0.39 is 14.9 Å². The van der Waals surface area contributed by atoms with E-state index in [1.807, 2.05) is 6.20 Å². The van der Waals surface area contributed by atoms with Gasteiger partial charge < -0.3 is 10.6 Å². The van der Waals surface area contributed by atoms with Gasteiger partial charge in [-0.05, 0) is 80.5 Å². The summed E-state index contributed by atoms with van der Waals surface area (Å²) in [4.78, 5) is 24.9. The van der Waals surface area contributed by atoms with Crippen LogP contribution in [-0.2, 0) is 10.0 Å². The molecule has 2 N–H and O–H groups in total. The van der Waals surface area contributed by atoms with E-state index >= 15 is 0 Å². The molecule has 1 aliphatic heterocycles. The average Bonchev–Trinajstić information content (AvgIpc) is 3.54. The lowest BCUT2D eigenvalue weighted by Crippen LogP contribution is -2.27. The zero-order chi connectivity index (χ0) is 28.4. The number of sulfonamides is 1. The highest BCUT2D eigenvalue weighted by Gasteiger charge is 2.27. The summed E-state index contributed by atoms with van der Waals surface area (Å²) in [5, 5.41) is 18.3. The second kappa shape index (κ2) is 11.2. The lowest BCUT2D eigenvalue weighted by atomic mass is 9.93. The number of aromatic nitrogens is 3. The summed E-state index contributed by atoms with van der Waals surface area (Å²) >= 11 is 0. The molecule has 11 nitrogen and oxygen atoms in total. The van der Waals surface area contributed by atoms with Gasteiger partial charge in [-0.1, -0.05) is 6.08 Å². The molecule has 0 spiro atoms. The van der Waals surface area contributed by atoms with Gasteiger partial charge in [0.25, 0.3) is 5.69 Å². The number of nitrogens with one attached hydrogen (secondary N) is 2. The average molecular weight is 572 g/mol. The zero-order valence-electron chi connectivity index (χ0n) is 22.3. The molecule has 41 heavy (non-hydrogen) atoms. The Hall–Kier alpha value is -4.42. The minimum atomic E-state index is -3.52. The summed E-state index contributed by atoms with van der Waals surface area (Å²) in [6, 6.07) is 12.7. The highest BCUT2D eigenvalue weighted by molar-refractivity contribution is 7.89. The molecule has 2 aromatic heterocycles. The van der Waals surface area contributed by atoms with Gasteiger partial charge >= 0.3 is 0 Å². The molecule has 3 heterocycles. The van der Waals surface area contributed by atoms with Crippen molar-refractivity contribution in [2.75, 3.05) is 23.7 Å². The smallest absolute Gasteiger partial charge is 0.269 e. The van der Waals surface area contributed by atoms with Gasteiger partial charge in [0.05, 0.1) is 20.7 Å². The van der Waals surface area contributed by atoms with Gasteiger partial charge in [-0.3, -0.25) is 15.1 Å². The van der Waals surface area contributed by atoms with Crippen LogP contribution in [0.3, 0.4) is 0 Å². The summed E-state index contributed by atoms with van der Waals surface area (Å²) in [7, 11) is -3.52. The molecule has 0 saturated carbocycles. The summed E-state index contributed by atoms with van der Waals surface area (Å²) in [6.07, 6.45) is 11.7. The monoisotopic (exact) mass is 571 g/mol. The van der Waals surface area contributed by atoms with Crippen molar-refractivity contribution in [2.24, 2.45) is 0 Å². The molecule has 0 atom stereocenters. The number of fused-ring (bicyclic) bond motifs is 1. The second-order valence-electron chi connectivity index (χ2n) is 10.1. The second-order valence-corrected chi connectivity index (χ2v) is 12.1. The first-order chi connectivity index (χ1) is 19.9. The van der Waals surface area contributed by atoms with Crippen LogP contribution in [0.25, 0.3) is 16.5 Å². The van der Waals surface area contributed by atoms with E-state index in [-0.39, 0.29) is 10.6 Å². The van der Waals surface area contributed by atoms with Crippen LogP contribution in [0.1, 0.15) is 44.1 Å². The van der Waals surface area contributed by atoms with Crippen molar-refractivity contribution in [3.05, 3.63) is 82.7 Å². The van der Waals surface area contributed by atoms with Crippen molar-refractivity contribution in [1.82, 2.24) is 19.3 Å². The molecular formula is C29H29N7O4S. The van der Waals surface area contributed by atoms with Crippen molar-refractivity contribution in [3.63, 3.8) is 0 Å². The molecule has 0 amide bonds. The zero-order valence-corrected chi connectivity index (χ0v) is 23.1. The summed E-state index contributed by atoms with van der Waals surface area (Å²) in [5.74, 6) is 0.811. The Morgan fingerprint density at radius 1 is 0.854 bits per heavy atom. The Labute approximate surface area is 237 Å². The predicted octanol–water partition coefficient (Wildman–Crippen LogP) is 6.16. The Bertz CT molecular complexity index is 1730. The first-order valence-corrected chi connectivity index (χ1v) is 15.1. The number of nitro benzene ring substituents is 1. The quantitative estimate of drug-likeness (QED) is 0.188. The molecule has 0 bridgehead atoms. The van der Waals surface area contributed by atoms with E-state index in [4.69, 9.17) is 9.97 Å². The van der Waals surface area contributed by atoms with Gasteiger partial charge in [0.2, 0.25) is 16.0 Å². The summed E-state index contributed by atoms with van der Waals surface area (Å²) < 4.78 is 27.5. The number of hydrogen-bond donors (Lipinski definition) is 2. The molecule has 1 fully saturated rings. The highest BCUT2D eigenvalue weighted by atomic mass is 32.2. The third kappa shape index (κ3) is 5.61. The van der Waals surface area contributed by atoms with Gasteiger partial charge in [0, 0.05) is 54.6 Å². The number of non-ortho nitro benzene ring substituents is 1. The van der Waals surface area contributed by atoms with Crippen LogP contribution in [0, 0.1) is 10.1 Å².